The second kappa shape index (κ2) is 9.32. The highest BCUT2D eigenvalue weighted by Crippen LogP contribution is 2.20. The Bertz CT molecular complexity index is 899. The van der Waals surface area contributed by atoms with Crippen molar-refractivity contribution in [3.63, 3.8) is 0 Å². The minimum absolute atomic E-state index is 0.189. The van der Waals surface area contributed by atoms with Gasteiger partial charge in [-0.3, -0.25) is 4.79 Å². The van der Waals surface area contributed by atoms with Gasteiger partial charge in [-0.15, -0.1) is 0 Å². The topological polar surface area (TPSA) is 55.1 Å². The number of hydrogen-bond donors (Lipinski definition) is 1. The molecule has 0 aliphatic rings. The van der Waals surface area contributed by atoms with Crippen LogP contribution in [-0.2, 0) is 0 Å². The van der Waals surface area contributed by atoms with Crippen molar-refractivity contribution < 1.29 is 9.18 Å². The third kappa shape index (κ3) is 4.48. The predicted octanol–water partition coefficient (Wildman–Crippen LogP) is 3.26. The molecule has 0 unspecified atom stereocenters. The molecule has 28 heavy (non-hydrogen) atoms. The second-order valence-electron chi connectivity index (χ2n) is 6.50. The molecule has 2 aromatic heterocycles. The maximum Gasteiger partial charge on any atom is 0.256 e. The molecule has 0 spiro atoms. The number of halogens is 1. The number of carbonyl (C=O) groups excluding carboxylic acids is 1. The van der Waals surface area contributed by atoms with E-state index >= 15 is 0 Å². The molecule has 3 rings (SSSR count). The fourth-order valence-corrected chi connectivity index (χ4v) is 3.16. The molecule has 0 saturated heterocycles. The molecule has 148 valence electrons. The summed E-state index contributed by atoms with van der Waals surface area (Å²) in [5.41, 5.74) is 1.01. The Morgan fingerprint density at radius 3 is 2.61 bits per heavy atom. The van der Waals surface area contributed by atoms with Gasteiger partial charge in [-0.2, -0.15) is 5.10 Å². The largest absolute Gasteiger partial charge is 0.352 e. The van der Waals surface area contributed by atoms with E-state index in [0.29, 0.717) is 23.6 Å². The van der Waals surface area contributed by atoms with Crippen LogP contribution in [0.15, 0.2) is 55.0 Å². The van der Waals surface area contributed by atoms with Crippen LogP contribution in [0.3, 0.4) is 0 Å². The Labute approximate surface area is 164 Å². The van der Waals surface area contributed by atoms with E-state index in [-0.39, 0.29) is 11.7 Å². The van der Waals surface area contributed by atoms with Crippen LogP contribution >= 0.6 is 0 Å². The van der Waals surface area contributed by atoms with Crippen molar-refractivity contribution in [1.29, 1.82) is 0 Å². The highest BCUT2D eigenvalue weighted by molar-refractivity contribution is 5.97. The van der Waals surface area contributed by atoms with Gasteiger partial charge in [0, 0.05) is 18.9 Å². The zero-order chi connectivity index (χ0) is 19.9. The Kier molecular flexibility index (Phi) is 6.60. The van der Waals surface area contributed by atoms with Gasteiger partial charge in [0.15, 0.2) is 5.82 Å². The van der Waals surface area contributed by atoms with Gasteiger partial charge in [-0.1, -0.05) is 19.9 Å². The Morgan fingerprint density at radius 2 is 1.93 bits per heavy atom. The molecule has 1 aromatic carbocycles. The molecule has 0 aliphatic carbocycles. The van der Waals surface area contributed by atoms with Gasteiger partial charge >= 0.3 is 0 Å². The minimum Gasteiger partial charge on any atom is -0.352 e. The zero-order valence-corrected chi connectivity index (χ0v) is 16.3. The van der Waals surface area contributed by atoms with E-state index < -0.39 is 0 Å². The fraction of sp³-hybridized carbons (Fsp3) is 0.333. The Balaban J connectivity index is 1.80. The summed E-state index contributed by atoms with van der Waals surface area (Å²) in [6, 6.07) is 9.90. The maximum atomic E-state index is 13.7. The first-order valence-corrected chi connectivity index (χ1v) is 9.62. The summed E-state index contributed by atoms with van der Waals surface area (Å²) >= 11 is 0. The number of nitrogens with one attached hydrogen (secondary N) is 1. The van der Waals surface area contributed by atoms with Gasteiger partial charge in [0.25, 0.3) is 5.91 Å². The van der Waals surface area contributed by atoms with Crippen molar-refractivity contribution in [2.45, 2.75) is 20.3 Å². The van der Waals surface area contributed by atoms with E-state index in [1.165, 1.54) is 18.3 Å². The third-order valence-electron chi connectivity index (χ3n) is 4.72. The molecule has 0 saturated carbocycles. The number of amides is 1. The van der Waals surface area contributed by atoms with Gasteiger partial charge in [-0.25, -0.2) is 9.07 Å². The van der Waals surface area contributed by atoms with Gasteiger partial charge in [0.2, 0.25) is 0 Å². The summed E-state index contributed by atoms with van der Waals surface area (Å²) in [6.45, 7) is 7.80. The number of rotatable bonds is 9. The van der Waals surface area contributed by atoms with Crippen LogP contribution < -0.4 is 5.32 Å². The van der Waals surface area contributed by atoms with Crippen LogP contribution in [-0.4, -0.2) is 51.3 Å². The van der Waals surface area contributed by atoms with Crippen LogP contribution in [0.4, 0.5) is 4.39 Å². The molecule has 0 atom stereocenters. The van der Waals surface area contributed by atoms with Crippen molar-refractivity contribution in [2.75, 3.05) is 26.2 Å². The van der Waals surface area contributed by atoms with Crippen LogP contribution in [0.1, 0.15) is 30.6 Å². The molecule has 7 heteroatoms. The SMILES string of the molecule is CCN(CC)CCCNC(=O)c1cnn(-c2cccc(F)c2)c1-n1cccc1. The lowest BCUT2D eigenvalue weighted by Gasteiger charge is -2.17. The van der Waals surface area contributed by atoms with Crippen molar-refractivity contribution in [2.24, 2.45) is 0 Å². The van der Waals surface area contributed by atoms with Crippen LogP contribution in [0.2, 0.25) is 0 Å². The van der Waals surface area contributed by atoms with E-state index in [9.17, 15) is 9.18 Å². The van der Waals surface area contributed by atoms with E-state index in [0.717, 1.165) is 26.1 Å². The Morgan fingerprint density at radius 1 is 1.18 bits per heavy atom. The molecule has 3 aromatic rings. The van der Waals surface area contributed by atoms with Crippen molar-refractivity contribution >= 4 is 5.91 Å². The molecule has 6 nitrogen and oxygen atoms in total. The normalized spacial score (nSPS) is 11.1. The zero-order valence-electron chi connectivity index (χ0n) is 16.3. The molecular weight excluding hydrogens is 357 g/mol. The molecule has 0 aliphatic heterocycles. The molecule has 2 heterocycles. The molecule has 1 N–H and O–H groups in total. The first kappa shape index (κ1) is 19.8. The van der Waals surface area contributed by atoms with Crippen molar-refractivity contribution in [3.8, 4) is 11.5 Å². The highest BCUT2D eigenvalue weighted by Gasteiger charge is 2.19. The standard InChI is InChI=1S/C21H26FN5O/c1-3-25(4-2)12-8-11-23-20(28)19-16-24-27(18-10-7-9-17(22)15-18)21(19)26-13-5-6-14-26/h5-7,9-10,13-16H,3-4,8,11-12H2,1-2H3,(H,23,28). The quantitative estimate of drug-likeness (QED) is 0.577. The minimum atomic E-state index is -0.353. The first-order valence-electron chi connectivity index (χ1n) is 9.62. The van der Waals surface area contributed by atoms with Crippen LogP contribution in [0.25, 0.3) is 11.5 Å². The highest BCUT2D eigenvalue weighted by atomic mass is 19.1. The number of carbonyl (C=O) groups is 1. The summed E-state index contributed by atoms with van der Waals surface area (Å²) in [5, 5.41) is 7.32. The summed E-state index contributed by atoms with van der Waals surface area (Å²) in [7, 11) is 0. The van der Waals surface area contributed by atoms with Crippen molar-refractivity contribution in [1.82, 2.24) is 24.6 Å². The number of nitrogens with zero attached hydrogens (tertiary/aromatic N) is 4. The first-order chi connectivity index (χ1) is 13.6. The van der Waals surface area contributed by atoms with Gasteiger partial charge < -0.3 is 14.8 Å². The third-order valence-corrected chi connectivity index (χ3v) is 4.72. The molecule has 0 bridgehead atoms. The van der Waals surface area contributed by atoms with Crippen LogP contribution in [0, 0.1) is 5.82 Å². The van der Waals surface area contributed by atoms with Gasteiger partial charge in [0.1, 0.15) is 11.4 Å². The Hall–Kier alpha value is -2.93. The maximum absolute atomic E-state index is 13.7. The van der Waals surface area contributed by atoms with Crippen LogP contribution in [0.5, 0.6) is 0 Å². The lowest BCUT2D eigenvalue weighted by Crippen LogP contribution is -2.30. The summed E-state index contributed by atoms with van der Waals surface area (Å²) < 4.78 is 17.1. The summed E-state index contributed by atoms with van der Waals surface area (Å²) in [5.74, 6) is 0.0385. The van der Waals surface area contributed by atoms with E-state index in [1.807, 2.05) is 29.1 Å². The predicted molar refractivity (Wildman–Crippen MR) is 108 cm³/mol. The van der Waals surface area contributed by atoms with E-state index in [2.05, 4.69) is 29.2 Å². The molecule has 0 radical (unpaired) electrons. The number of benzene rings is 1. The lowest BCUT2D eigenvalue weighted by molar-refractivity contribution is 0.0952. The van der Waals surface area contributed by atoms with E-state index in [4.69, 9.17) is 0 Å². The average Bonchev–Trinajstić information content (AvgIpc) is 3.37. The summed E-state index contributed by atoms with van der Waals surface area (Å²) in [6.07, 6.45) is 6.08. The van der Waals surface area contributed by atoms with Crippen molar-refractivity contribution in [3.05, 3.63) is 66.4 Å². The van der Waals surface area contributed by atoms with Gasteiger partial charge in [0.05, 0.1) is 11.9 Å². The fourth-order valence-electron chi connectivity index (χ4n) is 3.16. The lowest BCUT2D eigenvalue weighted by atomic mass is 10.2. The summed E-state index contributed by atoms with van der Waals surface area (Å²) in [4.78, 5) is 15.1. The number of hydrogen-bond acceptors (Lipinski definition) is 3. The average molecular weight is 383 g/mol. The monoisotopic (exact) mass is 383 g/mol. The van der Waals surface area contributed by atoms with E-state index in [1.54, 1.807) is 16.8 Å². The van der Waals surface area contributed by atoms with Gasteiger partial charge in [-0.05, 0) is 56.4 Å². The smallest absolute Gasteiger partial charge is 0.256 e. The second-order valence-corrected chi connectivity index (χ2v) is 6.50. The molecule has 0 fully saturated rings. The molecular formula is C21H26FN5O. The number of aromatic nitrogens is 3. The molecule has 1 amide bonds.